The molecule has 3 heteroatoms. The number of rotatable bonds is 6. The standard InChI is InChI=1S/C27H27F2N/c1-2-3-4-5-6-18-9-13-24-23-12-10-19(15-21(23)11-14-25(24)27(18)29)20-7-8-22(17-30)26(28)16-20/h7-8,10-12,14-16,18,27H,2-6,9,13H2,1H3/t18-,27+/m1/s1. The van der Waals surface area contributed by atoms with E-state index in [2.05, 4.69) is 6.92 Å². The van der Waals surface area contributed by atoms with Crippen LogP contribution >= 0.6 is 0 Å². The molecule has 3 aromatic carbocycles. The first-order valence-corrected chi connectivity index (χ1v) is 11.0. The van der Waals surface area contributed by atoms with Crippen molar-refractivity contribution in [1.82, 2.24) is 0 Å². The van der Waals surface area contributed by atoms with Crippen LogP contribution in [0, 0.1) is 23.1 Å². The molecule has 0 N–H and O–H groups in total. The van der Waals surface area contributed by atoms with Crippen LogP contribution in [0.25, 0.3) is 21.9 Å². The van der Waals surface area contributed by atoms with Gasteiger partial charge < -0.3 is 0 Å². The minimum Gasteiger partial charge on any atom is -0.242 e. The van der Waals surface area contributed by atoms with Gasteiger partial charge in [-0.15, -0.1) is 0 Å². The molecule has 1 aliphatic rings. The van der Waals surface area contributed by atoms with Gasteiger partial charge in [-0.3, -0.25) is 0 Å². The van der Waals surface area contributed by atoms with Crippen LogP contribution in [-0.2, 0) is 6.42 Å². The smallest absolute Gasteiger partial charge is 0.141 e. The van der Waals surface area contributed by atoms with Crippen molar-refractivity contribution in [3.63, 3.8) is 0 Å². The second-order valence-corrected chi connectivity index (χ2v) is 8.43. The number of alkyl halides is 1. The molecule has 4 rings (SSSR count). The molecular formula is C27H27F2N. The molecule has 154 valence electrons. The first kappa shape index (κ1) is 20.5. The highest BCUT2D eigenvalue weighted by molar-refractivity contribution is 5.91. The van der Waals surface area contributed by atoms with Crippen LogP contribution in [0.15, 0.2) is 48.5 Å². The zero-order valence-electron chi connectivity index (χ0n) is 17.4. The lowest BCUT2D eigenvalue weighted by molar-refractivity contribution is 0.192. The molecule has 3 aromatic rings. The zero-order chi connectivity index (χ0) is 21.1. The molecule has 0 aromatic heterocycles. The Bertz CT molecular complexity index is 1100. The predicted molar refractivity (Wildman–Crippen MR) is 118 cm³/mol. The van der Waals surface area contributed by atoms with Crippen LogP contribution < -0.4 is 0 Å². The average Bonchev–Trinajstić information content (AvgIpc) is 2.77. The van der Waals surface area contributed by atoms with Gasteiger partial charge in [0.1, 0.15) is 18.1 Å². The Kier molecular flexibility index (Phi) is 6.13. The number of hydrogen-bond acceptors (Lipinski definition) is 1. The molecule has 0 fully saturated rings. The normalized spacial score (nSPS) is 18.2. The van der Waals surface area contributed by atoms with E-state index < -0.39 is 12.0 Å². The molecule has 0 heterocycles. The van der Waals surface area contributed by atoms with E-state index >= 15 is 4.39 Å². The highest BCUT2D eigenvalue weighted by Gasteiger charge is 2.30. The lowest BCUT2D eigenvalue weighted by atomic mass is 9.78. The quantitative estimate of drug-likeness (QED) is 0.382. The van der Waals surface area contributed by atoms with Gasteiger partial charge in [0.2, 0.25) is 0 Å². The molecule has 1 nitrogen and oxygen atoms in total. The van der Waals surface area contributed by atoms with Crippen LogP contribution in [0.3, 0.4) is 0 Å². The first-order chi connectivity index (χ1) is 14.6. The van der Waals surface area contributed by atoms with Gasteiger partial charge in [-0.1, -0.05) is 62.9 Å². The maximum atomic E-state index is 15.3. The van der Waals surface area contributed by atoms with E-state index in [9.17, 15) is 4.39 Å². The molecule has 0 unspecified atom stereocenters. The Hall–Kier alpha value is -2.73. The molecule has 0 saturated carbocycles. The van der Waals surface area contributed by atoms with Crippen molar-refractivity contribution in [2.24, 2.45) is 5.92 Å². The van der Waals surface area contributed by atoms with E-state index in [1.165, 1.54) is 31.4 Å². The Labute approximate surface area is 177 Å². The molecule has 1 aliphatic carbocycles. The number of nitrogens with zero attached hydrogens (tertiary/aromatic N) is 1. The molecule has 30 heavy (non-hydrogen) atoms. The van der Waals surface area contributed by atoms with Gasteiger partial charge >= 0.3 is 0 Å². The van der Waals surface area contributed by atoms with E-state index in [1.54, 1.807) is 6.07 Å². The second-order valence-electron chi connectivity index (χ2n) is 8.43. The maximum Gasteiger partial charge on any atom is 0.141 e. The van der Waals surface area contributed by atoms with Gasteiger partial charge in [0.15, 0.2) is 0 Å². The molecule has 0 saturated heterocycles. The summed E-state index contributed by atoms with van der Waals surface area (Å²) in [6.07, 6.45) is 6.66. The number of hydrogen-bond donors (Lipinski definition) is 0. The number of halogens is 2. The summed E-state index contributed by atoms with van der Waals surface area (Å²) in [5, 5.41) is 11.1. The van der Waals surface area contributed by atoms with Crippen molar-refractivity contribution >= 4 is 10.8 Å². The van der Waals surface area contributed by atoms with Crippen molar-refractivity contribution in [1.29, 1.82) is 5.26 Å². The fourth-order valence-electron chi connectivity index (χ4n) is 4.77. The summed E-state index contributed by atoms with van der Waals surface area (Å²) < 4.78 is 29.3. The van der Waals surface area contributed by atoms with Crippen LogP contribution in [-0.4, -0.2) is 0 Å². The van der Waals surface area contributed by atoms with Gasteiger partial charge in [0.05, 0.1) is 5.56 Å². The van der Waals surface area contributed by atoms with Crippen molar-refractivity contribution in [2.75, 3.05) is 0 Å². The van der Waals surface area contributed by atoms with Gasteiger partial charge in [0, 0.05) is 0 Å². The molecule has 0 aliphatic heterocycles. The van der Waals surface area contributed by atoms with Crippen LogP contribution in [0.5, 0.6) is 0 Å². The Morgan fingerprint density at radius 3 is 2.57 bits per heavy atom. The third-order valence-electron chi connectivity index (χ3n) is 6.50. The van der Waals surface area contributed by atoms with Gasteiger partial charge in [0.25, 0.3) is 0 Å². The minimum absolute atomic E-state index is 0.0480. The predicted octanol–water partition coefficient (Wildman–Crippen LogP) is 8.06. The van der Waals surface area contributed by atoms with Crippen molar-refractivity contribution < 1.29 is 8.78 Å². The van der Waals surface area contributed by atoms with E-state index in [1.807, 2.05) is 36.4 Å². The number of nitriles is 1. The van der Waals surface area contributed by atoms with Crippen molar-refractivity contribution in [3.05, 3.63) is 71.0 Å². The highest BCUT2D eigenvalue weighted by Crippen LogP contribution is 2.43. The molecule has 0 radical (unpaired) electrons. The molecule has 0 bridgehead atoms. The fraction of sp³-hybridized carbons (Fsp3) is 0.370. The number of unbranched alkanes of at least 4 members (excludes halogenated alkanes) is 3. The first-order valence-electron chi connectivity index (χ1n) is 11.0. The molecule has 0 amide bonds. The molecule has 0 spiro atoms. The summed E-state index contributed by atoms with van der Waals surface area (Å²) in [6, 6.07) is 16.5. The largest absolute Gasteiger partial charge is 0.242 e. The Balaban J connectivity index is 1.61. The lowest BCUT2D eigenvalue weighted by Gasteiger charge is -2.29. The van der Waals surface area contributed by atoms with Gasteiger partial charge in [-0.05, 0) is 76.4 Å². The van der Waals surface area contributed by atoms with Crippen LogP contribution in [0.4, 0.5) is 8.78 Å². The fourth-order valence-corrected chi connectivity index (χ4v) is 4.77. The third-order valence-corrected chi connectivity index (χ3v) is 6.50. The maximum absolute atomic E-state index is 15.3. The van der Waals surface area contributed by atoms with E-state index in [-0.39, 0.29) is 11.5 Å². The van der Waals surface area contributed by atoms with Crippen molar-refractivity contribution in [3.8, 4) is 17.2 Å². The molecule has 2 atom stereocenters. The summed E-state index contributed by atoms with van der Waals surface area (Å²) in [5.41, 5.74) is 3.66. The average molecular weight is 404 g/mol. The minimum atomic E-state index is -0.882. The summed E-state index contributed by atoms with van der Waals surface area (Å²) >= 11 is 0. The summed E-state index contributed by atoms with van der Waals surface area (Å²) in [7, 11) is 0. The highest BCUT2D eigenvalue weighted by atomic mass is 19.1. The number of fused-ring (bicyclic) bond motifs is 3. The van der Waals surface area contributed by atoms with E-state index in [0.717, 1.165) is 58.7 Å². The molecular weight excluding hydrogens is 376 g/mol. The van der Waals surface area contributed by atoms with E-state index in [4.69, 9.17) is 5.26 Å². The second kappa shape index (κ2) is 8.96. The van der Waals surface area contributed by atoms with Gasteiger partial charge in [-0.2, -0.15) is 5.26 Å². The summed E-state index contributed by atoms with van der Waals surface area (Å²) in [4.78, 5) is 0. The Morgan fingerprint density at radius 2 is 1.80 bits per heavy atom. The topological polar surface area (TPSA) is 23.8 Å². The number of aryl methyl sites for hydroxylation is 1. The zero-order valence-corrected chi connectivity index (χ0v) is 17.4. The number of benzene rings is 3. The van der Waals surface area contributed by atoms with Crippen LogP contribution in [0.1, 0.15) is 68.3 Å². The summed E-state index contributed by atoms with van der Waals surface area (Å²) in [5.74, 6) is -0.376. The third kappa shape index (κ3) is 3.97. The van der Waals surface area contributed by atoms with Crippen LogP contribution in [0.2, 0.25) is 0 Å². The lowest BCUT2D eigenvalue weighted by Crippen LogP contribution is -2.18. The summed E-state index contributed by atoms with van der Waals surface area (Å²) in [6.45, 7) is 2.20. The monoisotopic (exact) mass is 403 g/mol. The van der Waals surface area contributed by atoms with Gasteiger partial charge in [-0.25, -0.2) is 8.78 Å². The van der Waals surface area contributed by atoms with E-state index in [0.29, 0.717) is 0 Å². The van der Waals surface area contributed by atoms with Crippen molar-refractivity contribution in [2.45, 2.75) is 58.0 Å². The Morgan fingerprint density at radius 1 is 1.00 bits per heavy atom. The SMILES string of the molecule is CCCCCC[C@@H]1CCc2c(ccc3cc(-c4ccc(C#N)c(F)c4)ccc23)[C@H]1F.